The minimum absolute atomic E-state index is 0.433. The topological polar surface area (TPSA) is 12.0 Å². The van der Waals surface area contributed by atoms with Crippen molar-refractivity contribution < 1.29 is 0 Å². The van der Waals surface area contributed by atoms with Crippen LogP contribution in [-0.2, 0) is 5.41 Å². The lowest BCUT2D eigenvalue weighted by Crippen LogP contribution is -2.22. The normalized spacial score (nSPS) is 32.8. The maximum Gasteiger partial charge on any atom is 0.0175 e. The van der Waals surface area contributed by atoms with Gasteiger partial charge in [0.05, 0.1) is 0 Å². The van der Waals surface area contributed by atoms with Crippen LogP contribution in [-0.4, -0.2) is 12.6 Å². The predicted octanol–water partition coefficient (Wildman–Crippen LogP) is 3.48. The molecular formula is C14H18BrN. The van der Waals surface area contributed by atoms with Crippen LogP contribution in [0.3, 0.4) is 0 Å². The fourth-order valence-electron chi connectivity index (χ4n) is 2.53. The molecule has 2 saturated carbocycles. The van der Waals surface area contributed by atoms with Gasteiger partial charge < -0.3 is 5.32 Å². The Balaban J connectivity index is 1.63. The molecule has 0 saturated heterocycles. The molecule has 2 atom stereocenters. The molecule has 0 bridgehead atoms. The van der Waals surface area contributed by atoms with Gasteiger partial charge in [0.15, 0.2) is 0 Å². The van der Waals surface area contributed by atoms with E-state index in [1.807, 2.05) is 0 Å². The number of benzene rings is 1. The monoisotopic (exact) mass is 279 g/mol. The molecule has 1 aromatic carbocycles. The molecule has 0 aliphatic heterocycles. The Morgan fingerprint density at radius 3 is 2.62 bits per heavy atom. The third-order valence-electron chi connectivity index (χ3n) is 4.15. The van der Waals surface area contributed by atoms with Crippen LogP contribution in [0.1, 0.15) is 31.7 Å². The summed E-state index contributed by atoms with van der Waals surface area (Å²) in [7, 11) is 0. The van der Waals surface area contributed by atoms with Crippen LogP contribution in [0, 0.1) is 5.92 Å². The molecule has 2 fully saturated rings. The van der Waals surface area contributed by atoms with E-state index in [-0.39, 0.29) is 0 Å². The first-order chi connectivity index (χ1) is 7.68. The number of hydrogen-bond acceptors (Lipinski definition) is 1. The van der Waals surface area contributed by atoms with E-state index in [0.717, 1.165) is 12.0 Å². The van der Waals surface area contributed by atoms with Gasteiger partial charge in [-0.15, -0.1) is 0 Å². The molecule has 86 valence electrons. The lowest BCUT2D eigenvalue weighted by atomic mass is 9.95. The molecule has 1 N–H and O–H groups in total. The largest absolute Gasteiger partial charge is 0.314 e. The minimum Gasteiger partial charge on any atom is -0.314 e. The van der Waals surface area contributed by atoms with Gasteiger partial charge in [-0.05, 0) is 54.8 Å². The summed E-state index contributed by atoms with van der Waals surface area (Å²) < 4.78 is 1.17. The summed E-state index contributed by atoms with van der Waals surface area (Å²) >= 11 is 3.49. The van der Waals surface area contributed by atoms with Crippen LogP contribution in [0.2, 0.25) is 0 Å². The molecule has 2 unspecified atom stereocenters. The van der Waals surface area contributed by atoms with Crippen molar-refractivity contribution in [1.29, 1.82) is 0 Å². The first-order valence-electron chi connectivity index (χ1n) is 6.18. The average molecular weight is 280 g/mol. The Morgan fingerprint density at radius 2 is 2.00 bits per heavy atom. The zero-order chi connectivity index (χ0) is 11.2. The van der Waals surface area contributed by atoms with E-state index in [2.05, 4.69) is 52.4 Å². The lowest BCUT2D eigenvalue weighted by molar-refractivity contribution is 0.576. The quantitative estimate of drug-likeness (QED) is 0.890. The smallest absolute Gasteiger partial charge is 0.0175 e. The molecule has 2 heteroatoms. The molecule has 0 heterocycles. The molecule has 3 rings (SSSR count). The second-order valence-electron chi connectivity index (χ2n) is 5.51. The summed E-state index contributed by atoms with van der Waals surface area (Å²) in [6.45, 7) is 3.60. The van der Waals surface area contributed by atoms with Crippen molar-refractivity contribution in [3.63, 3.8) is 0 Å². The van der Waals surface area contributed by atoms with Crippen molar-refractivity contribution in [2.45, 2.75) is 37.6 Å². The highest BCUT2D eigenvalue weighted by Gasteiger charge is 2.50. The van der Waals surface area contributed by atoms with E-state index in [1.165, 1.54) is 35.8 Å². The van der Waals surface area contributed by atoms with Gasteiger partial charge in [-0.1, -0.05) is 35.0 Å². The fourth-order valence-corrected chi connectivity index (χ4v) is 2.80. The molecule has 0 aromatic heterocycles. The van der Waals surface area contributed by atoms with Gasteiger partial charge in [-0.3, -0.25) is 0 Å². The Morgan fingerprint density at radius 1 is 1.31 bits per heavy atom. The molecule has 16 heavy (non-hydrogen) atoms. The average Bonchev–Trinajstić information content (AvgIpc) is 3.14. The van der Waals surface area contributed by atoms with E-state index >= 15 is 0 Å². The number of hydrogen-bond donors (Lipinski definition) is 1. The summed E-state index contributed by atoms with van der Waals surface area (Å²) in [4.78, 5) is 0. The number of nitrogens with one attached hydrogen (secondary N) is 1. The summed E-state index contributed by atoms with van der Waals surface area (Å²) in [5.74, 6) is 0.842. The third kappa shape index (κ3) is 2.05. The van der Waals surface area contributed by atoms with Crippen molar-refractivity contribution in [1.82, 2.24) is 5.32 Å². The SMILES string of the molecule is CC1(c2ccc(Br)cc2)CC1CNC1CC1. The van der Waals surface area contributed by atoms with E-state index < -0.39 is 0 Å². The zero-order valence-electron chi connectivity index (χ0n) is 9.67. The molecule has 0 radical (unpaired) electrons. The third-order valence-corrected chi connectivity index (χ3v) is 4.67. The molecule has 1 aromatic rings. The van der Waals surface area contributed by atoms with Gasteiger partial charge in [-0.2, -0.15) is 0 Å². The number of halogens is 1. The van der Waals surface area contributed by atoms with Crippen LogP contribution in [0.4, 0.5) is 0 Å². The number of rotatable bonds is 4. The standard InChI is InChI=1S/C14H18BrN/c1-14(10-2-4-12(15)5-3-10)8-11(14)9-16-13-6-7-13/h2-5,11,13,16H,6-9H2,1H3. The Bertz CT molecular complexity index is 382. The maximum absolute atomic E-state index is 3.65. The summed E-state index contributed by atoms with van der Waals surface area (Å²) in [5, 5.41) is 3.65. The van der Waals surface area contributed by atoms with E-state index in [4.69, 9.17) is 0 Å². The van der Waals surface area contributed by atoms with Crippen molar-refractivity contribution in [2.75, 3.05) is 6.54 Å². The Kier molecular flexibility index (Phi) is 2.60. The van der Waals surface area contributed by atoms with E-state index in [1.54, 1.807) is 0 Å². The molecule has 2 aliphatic rings. The van der Waals surface area contributed by atoms with Crippen molar-refractivity contribution >= 4 is 15.9 Å². The van der Waals surface area contributed by atoms with Gasteiger partial charge in [0.2, 0.25) is 0 Å². The van der Waals surface area contributed by atoms with Gasteiger partial charge in [0, 0.05) is 10.5 Å². The highest BCUT2D eigenvalue weighted by Crippen LogP contribution is 2.53. The lowest BCUT2D eigenvalue weighted by Gasteiger charge is -2.12. The Hall–Kier alpha value is -0.340. The van der Waals surface area contributed by atoms with Gasteiger partial charge in [0.1, 0.15) is 0 Å². The highest BCUT2D eigenvalue weighted by atomic mass is 79.9. The van der Waals surface area contributed by atoms with E-state index in [0.29, 0.717) is 5.41 Å². The predicted molar refractivity (Wildman–Crippen MR) is 70.6 cm³/mol. The van der Waals surface area contributed by atoms with Crippen molar-refractivity contribution in [3.8, 4) is 0 Å². The zero-order valence-corrected chi connectivity index (χ0v) is 11.3. The molecule has 1 nitrogen and oxygen atoms in total. The summed E-state index contributed by atoms with van der Waals surface area (Å²) in [6, 6.07) is 9.69. The summed E-state index contributed by atoms with van der Waals surface area (Å²) in [5.41, 5.74) is 1.93. The van der Waals surface area contributed by atoms with Gasteiger partial charge >= 0.3 is 0 Å². The van der Waals surface area contributed by atoms with E-state index in [9.17, 15) is 0 Å². The summed E-state index contributed by atoms with van der Waals surface area (Å²) in [6.07, 6.45) is 4.12. The van der Waals surface area contributed by atoms with Gasteiger partial charge in [0.25, 0.3) is 0 Å². The van der Waals surface area contributed by atoms with Crippen LogP contribution in [0.15, 0.2) is 28.7 Å². The first kappa shape index (κ1) is 10.8. The van der Waals surface area contributed by atoms with Crippen LogP contribution in [0.25, 0.3) is 0 Å². The molecular weight excluding hydrogens is 262 g/mol. The second-order valence-corrected chi connectivity index (χ2v) is 6.42. The van der Waals surface area contributed by atoms with Crippen molar-refractivity contribution in [3.05, 3.63) is 34.3 Å². The van der Waals surface area contributed by atoms with Crippen LogP contribution in [0.5, 0.6) is 0 Å². The second kappa shape index (κ2) is 3.85. The molecule has 0 spiro atoms. The molecule has 0 amide bonds. The highest BCUT2D eigenvalue weighted by molar-refractivity contribution is 9.10. The fraction of sp³-hybridized carbons (Fsp3) is 0.571. The van der Waals surface area contributed by atoms with Gasteiger partial charge in [-0.25, -0.2) is 0 Å². The van der Waals surface area contributed by atoms with Crippen molar-refractivity contribution in [2.24, 2.45) is 5.92 Å². The first-order valence-corrected chi connectivity index (χ1v) is 6.97. The minimum atomic E-state index is 0.433. The Labute approximate surface area is 106 Å². The van der Waals surface area contributed by atoms with Crippen LogP contribution < -0.4 is 5.32 Å². The van der Waals surface area contributed by atoms with Crippen LogP contribution >= 0.6 is 15.9 Å². The maximum atomic E-state index is 3.65. The molecule has 2 aliphatic carbocycles.